The summed E-state index contributed by atoms with van der Waals surface area (Å²) in [5, 5.41) is 0. The maximum absolute atomic E-state index is 13.4. The van der Waals surface area contributed by atoms with Gasteiger partial charge >= 0.3 is 0 Å². The number of para-hydroxylation sites is 1. The second-order valence-electron chi connectivity index (χ2n) is 7.42. The molecule has 0 spiro atoms. The number of aromatic nitrogens is 2. The van der Waals surface area contributed by atoms with Gasteiger partial charge in [0.1, 0.15) is 10.4 Å². The number of anilines is 1. The molecule has 3 aromatic rings. The van der Waals surface area contributed by atoms with Crippen LogP contribution in [0.15, 0.2) is 58.2 Å². The van der Waals surface area contributed by atoms with Crippen molar-refractivity contribution in [2.75, 3.05) is 17.9 Å². The van der Waals surface area contributed by atoms with Crippen molar-refractivity contribution in [2.24, 2.45) is 0 Å². The van der Waals surface area contributed by atoms with Gasteiger partial charge in [0.15, 0.2) is 0 Å². The van der Waals surface area contributed by atoms with Gasteiger partial charge in [-0.15, -0.1) is 0 Å². The molecule has 2 heterocycles. The third-order valence-electron chi connectivity index (χ3n) is 5.11. The van der Waals surface area contributed by atoms with Crippen molar-refractivity contribution < 1.29 is 17.9 Å². The van der Waals surface area contributed by atoms with Gasteiger partial charge in [-0.25, -0.2) is 8.42 Å². The van der Waals surface area contributed by atoms with Gasteiger partial charge in [0.05, 0.1) is 42.1 Å². The van der Waals surface area contributed by atoms with Crippen LogP contribution in [0.1, 0.15) is 24.2 Å². The number of benzene rings is 2. The van der Waals surface area contributed by atoms with E-state index in [4.69, 9.17) is 4.74 Å². The maximum atomic E-state index is 13.4. The SMILES string of the molecule is C[C@@H]1COC[C@H](C)N1C(=O)c1ccc(Br)cc1NS(=O)(=O)c1cccc2nccnc12. The Labute approximate surface area is 188 Å². The first-order valence-electron chi connectivity index (χ1n) is 9.70. The molecule has 8 nitrogen and oxygen atoms in total. The van der Waals surface area contributed by atoms with E-state index in [1.807, 2.05) is 13.8 Å². The quantitative estimate of drug-likeness (QED) is 0.583. The summed E-state index contributed by atoms with van der Waals surface area (Å²) in [7, 11) is -4.04. The predicted molar refractivity (Wildman–Crippen MR) is 120 cm³/mol. The van der Waals surface area contributed by atoms with Crippen molar-refractivity contribution in [3.63, 3.8) is 0 Å². The summed E-state index contributed by atoms with van der Waals surface area (Å²) in [4.78, 5) is 23.4. The lowest BCUT2D eigenvalue weighted by atomic mass is 10.1. The summed E-state index contributed by atoms with van der Waals surface area (Å²) in [5.74, 6) is -0.258. The minimum absolute atomic E-state index is 0.00965. The van der Waals surface area contributed by atoms with Crippen LogP contribution in [0.5, 0.6) is 0 Å². The molecule has 2 atom stereocenters. The fourth-order valence-electron chi connectivity index (χ4n) is 3.71. The number of hydrogen-bond acceptors (Lipinski definition) is 6. The molecule has 0 radical (unpaired) electrons. The highest BCUT2D eigenvalue weighted by Crippen LogP contribution is 2.29. The summed E-state index contributed by atoms with van der Waals surface area (Å²) in [6.45, 7) is 4.68. The molecule has 0 unspecified atom stereocenters. The minimum Gasteiger partial charge on any atom is -0.377 e. The maximum Gasteiger partial charge on any atom is 0.264 e. The Morgan fingerprint density at radius 3 is 2.58 bits per heavy atom. The normalized spacial score (nSPS) is 19.4. The average molecular weight is 505 g/mol. The Kier molecular flexibility index (Phi) is 5.96. The van der Waals surface area contributed by atoms with Gasteiger partial charge in [-0.3, -0.25) is 19.5 Å². The van der Waals surface area contributed by atoms with Crippen molar-refractivity contribution in [3.8, 4) is 0 Å². The number of ether oxygens (including phenoxy) is 1. The fraction of sp³-hybridized carbons (Fsp3) is 0.286. The van der Waals surface area contributed by atoms with Crippen molar-refractivity contribution in [2.45, 2.75) is 30.8 Å². The van der Waals surface area contributed by atoms with Crippen LogP contribution in [0.25, 0.3) is 11.0 Å². The van der Waals surface area contributed by atoms with Gasteiger partial charge in [-0.05, 0) is 44.2 Å². The van der Waals surface area contributed by atoms with Gasteiger partial charge in [-0.2, -0.15) is 0 Å². The second kappa shape index (κ2) is 8.52. The smallest absolute Gasteiger partial charge is 0.264 e. The van der Waals surface area contributed by atoms with E-state index < -0.39 is 10.0 Å². The topological polar surface area (TPSA) is 101 Å². The molecule has 1 aromatic heterocycles. The van der Waals surface area contributed by atoms with Crippen molar-refractivity contribution >= 4 is 48.6 Å². The first-order chi connectivity index (χ1) is 14.8. The number of nitrogens with one attached hydrogen (secondary N) is 1. The van der Waals surface area contributed by atoms with E-state index in [-0.39, 0.29) is 39.7 Å². The molecule has 1 aliphatic rings. The van der Waals surface area contributed by atoms with E-state index in [0.717, 1.165) is 0 Å². The lowest BCUT2D eigenvalue weighted by Gasteiger charge is -2.39. The number of carbonyl (C=O) groups excluding carboxylic acids is 1. The highest BCUT2D eigenvalue weighted by atomic mass is 79.9. The van der Waals surface area contributed by atoms with Crippen LogP contribution in [-0.4, -0.2) is 54.5 Å². The van der Waals surface area contributed by atoms with E-state index in [9.17, 15) is 13.2 Å². The van der Waals surface area contributed by atoms with Gasteiger partial charge in [0, 0.05) is 16.9 Å². The van der Waals surface area contributed by atoms with Gasteiger partial charge in [-0.1, -0.05) is 22.0 Å². The van der Waals surface area contributed by atoms with Crippen LogP contribution >= 0.6 is 15.9 Å². The predicted octanol–water partition coefficient (Wildman–Crippen LogP) is 3.44. The van der Waals surface area contributed by atoms with Crippen molar-refractivity contribution in [1.82, 2.24) is 14.9 Å². The molecule has 1 N–H and O–H groups in total. The molecule has 2 aromatic carbocycles. The zero-order valence-corrected chi connectivity index (χ0v) is 19.4. The number of carbonyl (C=O) groups is 1. The number of nitrogens with zero attached hydrogens (tertiary/aromatic N) is 3. The van der Waals surface area contributed by atoms with Crippen LogP contribution in [0.3, 0.4) is 0 Å². The Morgan fingerprint density at radius 2 is 1.84 bits per heavy atom. The molecule has 10 heteroatoms. The van der Waals surface area contributed by atoms with Crippen LogP contribution in [0, 0.1) is 0 Å². The Bertz CT molecular complexity index is 1240. The monoisotopic (exact) mass is 504 g/mol. The summed E-state index contributed by atoms with van der Waals surface area (Å²) >= 11 is 3.37. The number of hydrogen-bond donors (Lipinski definition) is 1. The summed E-state index contributed by atoms with van der Waals surface area (Å²) in [5.41, 5.74) is 1.17. The van der Waals surface area contributed by atoms with Crippen LogP contribution in [0.2, 0.25) is 0 Å². The van der Waals surface area contributed by atoms with E-state index >= 15 is 0 Å². The number of fused-ring (bicyclic) bond motifs is 1. The second-order valence-corrected chi connectivity index (χ2v) is 9.99. The molecule has 31 heavy (non-hydrogen) atoms. The molecule has 0 saturated carbocycles. The van der Waals surface area contributed by atoms with Gasteiger partial charge in [0.25, 0.3) is 15.9 Å². The lowest BCUT2D eigenvalue weighted by Crippen LogP contribution is -2.52. The van der Waals surface area contributed by atoms with Crippen LogP contribution in [-0.2, 0) is 14.8 Å². The summed E-state index contributed by atoms with van der Waals surface area (Å²) in [6.07, 6.45) is 2.94. The molecular formula is C21H21BrN4O4S. The first kappa shape index (κ1) is 21.7. The van der Waals surface area contributed by atoms with Crippen LogP contribution < -0.4 is 4.72 Å². The molecule has 4 rings (SSSR count). The molecule has 0 bridgehead atoms. The van der Waals surface area contributed by atoms with E-state index in [1.54, 1.807) is 35.2 Å². The molecule has 1 aliphatic heterocycles. The summed E-state index contributed by atoms with van der Waals surface area (Å²) < 4.78 is 35.3. The molecule has 1 saturated heterocycles. The van der Waals surface area contributed by atoms with Gasteiger partial charge < -0.3 is 9.64 Å². The number of sulfonamides is 1. The van der Waals surface area contributed by atoms with E-state index in [0.29, 0.717) is 23.2 Å². The zero-order valence-electron chi connectivity index (χ0n) is 16.9. The Hall–Kier alpha value is -2.56. The molecule has 1 fully saturated rings. The van der Waals surface area contributed by atoms with Crippen LogP contribution in [0.4, 0.5) is 5.69 Å². The van der Waals surface area contributed by atoms with E-state index in [1.165, 1.54) is 18.5 Å². The zero-order chi connectivity index (χ0) is 22.2. The molecule has 1 amide bonds. The standard InChI is InChI=1S/C21H21BrN4O4S/c1-13-11-30-12-14(2)26(13)21(27)16-7-6-15(22)10-18(16)25-31(28,29)19-5-3-4-17-20(19)24-9-8-23-17/h3-10,13-14,25H,11-12H2,1-2H3/t13-,14+. The Balaban J connectivity index is 1.75. The third kappa shape index (κ3) is 4.28. The minimum atomic E-state index is -4.04. The molecule has 0 aliphatic carbocycles. The number of amides is 1. The van der Waals surface area contributed by atoms with Crippen molar-refractivity contribution in [1.29, 1.82) is 0 Å². The van der Waals surface area contributed by atoms with Crippen molar-refractivity contribution in [3.05, 3.63) is 58.8 Å². The number of morpholine rings is 1. The third-order valence-corrected chi connectivity index (χ3v) is 7.00. The lowest BCUT2D eigenvalue weighted by molar-refractivity contribution is -0.0249. The highest BCUT2D eigenvalue weighted by molar-refractivity contribution is 9.10. The highest BCUT2D eigenvalue weighted by Gasteiger charge is 2.32. The Morgan fingerprint density at radius 1 is 1.13 bits per heavy atom. The molecular weight excluding hydrogens is 484 g/mol. The fourth-order valence-corrected chi connectivity index (χ4v) is 5.31. The van der Waals surface area contributed by atoms with E-state index in [2.05, 4.69) is 30.6 Å². The number of halogens is 1. The first-order valence-corrected chi connectivity index (χ1v) is 12.0. The largest absolute Gasteiger partial charge is 0.377 e. The summed E-state index contributed by atoms with van der Waals surface area (Å²) in [6, 6.07) is 9.41. The average Bonchev–Trinajstić information content (AvgIpc) is 2.73. The van der Waals surface area contributed by atoms with Gasteiger partial charge in [0.2, 0.25) is 0 Å². The molecule has 162 valence electrons. The number of rotatable bonds is 4.